The van der Waals surface area contributed by atoms with Crippen molar-refractivity contribution in [1.82, 2.24) is 4.90 Å². The van der Waals surface area contributed by atoms with Crippen molar-refractivity contribution in [3.8, 4) is 0 Å². The molecular weight excluding hydrogens is 275 g/mol. The molecule has 1 radical (unpaired) electrons. The number of piperidine rings is 1. The molecule has 0 saturated carbocycles. The fraction of sp³-hybridized carbons (Fsp3) is 0.769. The van der Waals surface area contributed by atoms with Crippen molar-refractivity contribution in [1.29, 1.82) is 0 Å². The molecule has 0 spiro atoms. The molecule has 1 amide bonds. The van der Waals surface area contributed by atoms with Crippen molar-refractivity contribution in [2.24, 2.45) is 11.3 Å². The van der Waals surface area contributed by atoms with E-state index in [1.807, 2.05) is 4.90 Å². The maximum absolute atomic E-state index is 11.3. The summed E-state index contributed by atoms with van der Waals surface area (Å²) in [6, 6.07) is 0.299. The maximum Gasteiger partial charge on any atom is 0.0824 e. The molecular formula is C13H23NOY-2. The summed E-state index contributed by atoms with van der Waals surface area (Å²) in [5.41, 5.74) is 0.337. The Morgan fingerprint density at radius 3 is 2.38 bits per heavy atom. The number of amides is 1. The van der Waals surface area contributed by atoms with Gasteiger partial charge in [-0.2, -0.15) is 6.42 Å². The number of hydrogen-bond acceptors (Lipinski definition) is 1. The van der Waals surface area contributed by atoms with E-state index in [9.17, 15) is 4.79 Å². The number of likely N-dealkylation sites (tertiary alicyclic amines) is 1. The summed E-state index contributed by atoms with van der Waals surface area (Å²) < 4.78 is 0. The first kappa shape index (κ1) is 16.4. The quantitative estimate of drug-likeness (QED) is 0.682. The summed E-state index contributed by atoms with van der Waals surface area (Å²) in [4.78, 5) is 13.2. The van der Waals surface area contributed by atoms with E-state index in [4.69, 9.17) is 0 Å². The largest absolute Gasteiger partial charge is 0.367 e. The van der Waals surface area contributed by atoms with Crippen LogP contribution in [0.2, 0.25) is 0 Å². The van der Waals surface area contributed by atoms with Gasteiger partial charge < -0.3 is 23.5 Å². The predicted molar refractivity (Wildman–Crippen MR) is 63.0 cm³/mol. The number of hydrogen-bond donors (Lipinski definition) is 0. The second-order valence-corrected chi connectivity index (χ2v) is 5.62. The first-order valence-electron chi connectivity index (χ1n) is 5.78. The van der Waals surface area contributed by atoms with Crippen LogP contribution in [0.3, 0.4) is 0 Å². The first-order chi connectivity index (χ1) is 6.86. The summed E-state index contributed by atoms with van der Waals surface area (Å²) >= 11 is 0. The molecule has 91 valence electrons. The van der Waals surface area contributed by atoms with Gasteiger partial charge in [0.15, 0.2) is 0 Å². The van der Waals surface area contributed by atoms with E-state index >= 15 is 0 Å². The number of carbonyl (C=O) groups excluding carboxylic acids is 1. The van der Waals surface area contributed by atoms with Crippen molar-refractivity contribution < 1.29 is 37.5 Å². The zero-order valence-corrected chi connectivity index (χ0v) is 13.7. The fourth-order valence-electron chi connectivity index (χ4n) is 2.44. The zero-order chi connectivity index (χ0) is 11.6. The van der Waals surface area contributed by atoms with Gasteiger partial charge >= 0.3 is 0 Å². The molecule has 0 bridgehead atoms. The van der Waals surface area contributed by atoms with Crippen molar-refractivity contribution >= 4 is 5.91 Å². The molecule has 0 aromatic rings. The van der Waals surface area contributed by atoms with Crippen LogP contribution in [0.5, 0.6) is 0 Å². The fourth-order valence-corrected chi connectivity index (χ4v) is 2.44. The van der Waals surface area contributed by atoms with Gasteiger partial charge in [-0.25, -0.2) is 0 Å². The Kier molecular flexibility index (Phi) is 6.57. The number of nitrogens with zero attached hydrogens (tertiary/aromatic N) is 1. The van der Waals surface area contributed by atoms with Crippen LogP contribution in [-0.4, -0.2) is 23.4 Å². The summed E-state index contributed by atoms with van der Waals surface area (Å²) in [5.74, 6) is 0.649. The second kappa shape index (κ2) is 6.40. The van der Waals surface area contributed by atoms with Gasteiger partial charge in [0.2, 0.25) is 0 Å². The zero-order valence-electron chi connectivity index (χ0n) is 10.8. The van der Waals surface area contributed by atoms with E-state index in [2.05, 4.69) is 34.6 Å². The van der Waals surface area contributed by atoms with Crippen molar-refractivity contribution in [2.45, 2.75) is 46.1 Å². The van der Waals surface area contributed by atoms with Crippen LogP contribution >= 0.6 is 0 Å². The molecule has 0 unspecified atom stereocenters. The molecule has 0 aliphatic carbocycles. The van der Waals surface area contributed by atoms with Crippen LogP contribution in [0, 0.1) is 25.2 Å². The van der Waals surface area contributed by atoms with Gasteiger partial charge in [-0.3, -0.25) is 0 Å². The minimum absolute atomic E-state index is 0. The maximum atomic E-state index is 11.3. The Morgan fingerprint density at radius 1 is 1.44 bits per heavy atom. The van der Waals surface area contributed by atoms with Gasteiger partial charge in [-0.15, -0.1) is 0 Å². The SMILES string of the molecule is [CH2-]C[C@@H]1C[C@H](C(C)(C)C)CCN1C([CH2-])=O.[Y]. The Hall–Kier alpha value is 0.444. The van der Waals surface area contributed by atoms with Crippen molar-refractivity contribution in [2.75, 3.05) is 6.54 Å². The normalized spacial score (nSPS) is 26.1. The molecule has 3 heteroatoms. The van der Waals surface area contributed by atoms with E-state index in [1.165, 1.54) is 0 Å². The molecule has 1 fully saturated rings. The molecule has 1 aliphatic heterocycles. The molecule has 0 aromatic carbocycles. The summed E-state index contributed by atoms with van der Waals surface area (Å²) in [5, 5.41) is 0. The second-order valence-electron chi connectivity index (χ2n) is 5.62. The molecule has 2 atom stereocenters. The molecule has 16 heavy (non-hydrogen) atoms. The average molecular weight is 298 g/mol. The smallest absolute Gasteiger partial charge is 0.0824 e. The summed E-state index contributed by atoms with van der Waals surface area (Å²) in [6.07, 6.45) is 2.98. The van der Waals surface area contributed by atoms with E-state index in [-0.39, 0.29) is 38.6 Å². The summed E-state index contributed by atoms with van der Waals surface area (Å²) in [7, 11) is 0. The van der Waals surface area contributed by atoms with Gasteiger partial charge in [-0.1, -0.05) is 20.8 Å². The minimum atomic E-state index is -0.0454. The van der Waals surface area contributed by atoms with E-state index in [0.717, 1.165) is 25.8 Å². The van der Waals surface area contributed by atoms with Gasteiger partial charge in [0, 0.05) is 45.3 Å². The third kappa shape index (κ3) is 4.03. The Labute approximate surface area is 125 Å². The summed E-state index contributed by atoms with van der Waals surface area (Å²) in [6.45, 7) is 15.1. The van der Waals surface area contributed by atoms with Crippen LogP contribution in [0.25, 0.3) is 0 Å². The van der Waals surface area contributed by atoms with Crippen LogP contribution in [-0.2, 0) is 37.5 Å². The van der Waals surface area contributed by atoms with Crippen LogP contribution in [0.1, 0.15) is 40.0 Å². The van der Waals surface area contributed by atoms with E-state index in [0.29, 0.717) is 17.4 Å². The Bertz CT molecular complexity index is 235. The van der Waals surface area contributed by atoms with Gasteiger partial charge in [0.1, 0.15) is 0 Å². The van der Waals surface area contributed by atoms with Crippen molar-refractivity contribution in [3.63, 3.8) is 0 Å². The predicted octanol–water partition coefficient (Wildman–Crippen LogP) is 2.70. The Morgan fingerprint density at radius 2 is 2.00 bits per heavy atom. The molecule has 0 aromatic heterocycles. The van der Waals surface area contributed by atoms with Crippen molar-refractivity contribution in [3.05, 3.63) is 13.8 Å². The Balaban J connectivity index is 0.00000225. The van der Waals surface area contributed by atoms with Crippen LogP contribution in [0.4, 0.5) is 0 Å². The van der Waals surface area contributed by atoms with Crippen LogP contribution < -0.4 is 0 Å². The van der Waals surface area contributed by atoms with E-state index in [1.54, 1.807) is 0 Å². The molecule has 1 aliphatic rings. The third-order valence-electron chi connectivity index (χ3n) is 3.59. The molecule has 1 saturated heterocycles. The molecule has 2 nitrogen and oxygen atoms in total. The minimum Gasteiger partial charge on any atom is -0.367 e. The van der Waals surface area contributed by atoms with Gasteiger partial charge in [0.05, 0.1) is 5.91 Å². The number of carbonyl (C=O) groups is 1. The average Bonchev–Trinajstić information content (AvgIpc) is 2.15. The van der Waals surface area contributed by atoms with E-state index < -0.39 is 0 Å². The monoisotopic (exact) mass is 298 g/mol. The molecule has 1 rings (SSSR count). The number of rotatable bonds is 1. The molecule has 1 heterocycles. The molecule has 0 N–H and O–H groups in total. The van der Waals surface area contributed by atoms with Crippen LogP contribution in [0.15, 0.2) is 0 Å². The topological polar surface area (TPSA) is 20.3 Å². The first-order valence-corrected chi connectivity index (χ1v) is 5.78. The standard InChI is InChI=1S/C13H23NO.Y/c1-6-12-9-11(13(3,4)5)7-8-14(12)10(2)15;/h11-12H,1-2,6-9H2,3-5H3;/q-2;/t11-,12-;/m1./s1. The van der Waals surface area contributed by atoms with Gasteiger partial charge in [-0.05, 0) is 24.2 Å². The van der Waals surface area contributed by atoms with Gasteiger partial charge in [0.25, 0.3) is 0 Å². The third-order valence-corrected chi connectivity index (χ3v) is 3.59.